The van der Waals surface area contributed by atoms with E-state index in [1.807, 2.05) is 20.0 Å². The molecule has 1 unspecified atom stereocenters. The van der Waals surface area contributed by atoms with Gasteiger partial charge in [-0.1, -0.05) is 11.6 Å². The van der Waals surface area contributed by atoms with Gasteiger partial charge < -0.3 is 10.6 Å². The van der Waals surface area contributed by atoms with Crippen LogP contribution in [0.3, 0.4) is 0 Å². The molecule has 0 aliphatic rings. The molecule has 0 saturated carbocycles. The molecule has 1 rings (SSSR count). The minimum atomic E-state index is -0.136. The fourth-order valence-corrected chi connectivity index (χ4v) is 2.06. The van der Waals surface area contributed by atoms with Gasteiger partial charge in [0.05, 0.1) is 10.6 Å². The van der Waals surface area contributed by atoms with E-state index in [-0.39, 0.29) is 11.9 Å². The van der Waals surface area contributed by atoms with E-state index in [1.165, 1.54) is 0 Å². The van der Waals surface area contributed by atoms with Gasteiger partial charge in [0, 0.05) is 16.2 Å². The molecule has 0 aromatic heterocycles. The topological polar surface area (TPSA) is 41.1 Å². The van der Waals surface area contributed by atoms with Gasteiger partial charge in [-0.15, -0.1) is 0 Å². The summed E-state index contributed by atoms with van der Waals surface area (Å²) in [7, 11) is 1.86. The van der Waals surface area contributed by atoms with Gasteiger partial charge in [-0.3, -0.25) is 4.79 Å². The van der Waals surface area contributed by atoms with E-state index in [1.54, 1.807) is 12.1 Å². The zero-order valence-electron chi connectivity index (χ0n) is 9.18. The molecule has 0 aliphatic heterocycles. The molecule has 1 amide bonds. The van der Waals surface area contributed by atoms with Crippen molar-refractivity contribution >= 4 is 40.1 Å². The summed E-state index contributed by atoms with van der Waals surface area (Å²) in [4.78, 5) is 11.8. The molecule has 1 atom stereocenters. The van der Waals surface area contributed by atoms with E-state index >= 15 is 0 Å². The number of amides is 1. The van der Waals surface area contributed by atoms with Crippen molar-refractivity contribution < 1.29 is 4.79 Å². The van der Waals surface area contributed by atoms with E-state index in [4.69, 9.17) is 11.6 Å². The first kappa shape index (κ1) is 13.7. The summed E-state index contributed by atoms with van der Waals surface area (Å²) in [6.45, 7) is 2.58. The van der Waals surface area contributed by atoms with E-state index in [2.05, 4.69) is 33.2 Å². The number of nitrogens with one attached hydrogen (secondary N) is 2. The lowest BCUT2D eigenvalue weighted by molar-refractivity contribution is 0.0950. The predicted molar refractivity (Wildman–Crippen MR) is 75.0 cm³/mol. The molecule has 0 fully saturated rings. The average Bonchev–Trinajstić information content (AvgIpc) is 2.25. The van der Waals surface area contributed by atoms with Crippen LogP contribution in [0.5, 0.6) is 0 Å². The molecule has 88 valence electrons. The van der Waals surface area contributed by atoms with Gasteiger partial charge in [0.25, 0.3) is 5.91 Å². The Morgan fingerprint density at radius 2 is 2.25 bits per heavy atom. The highest BCUT2D eigenvalue weighted by Crippen LogP contribution is 2.18. The lowest BCUT2D eigenvalue weighted by Crippen LogP contribution is -2.37. The van der Waals surface area contributed by atoms with Crippen LogP contribution < -0.4 is 10.6 Å². The summed E-state index contributed by atoms with van der Waals surface area (Å²) in [6.07, 6.45) is 0. The lowest BCUT2D eigenvalue weighted by atomic mass is 10.2. The van der Waals surface area contributed by atoms with Crippen LogP contribution in [-0.2, 0) is 0 Å². The number of benzene rings is 1. The number of hydrogen-bond acceptors (Lipinski definition) is 2. The summed E-state index contributed by atoms with van der Waals surface area (Å²) in [5.74, 6) is -0.136. The third kappa shape index (κ3) is 3.92. The van der Waals surface area contributed by atoms with Crippen LogP contribution in [0.4, 0.5) is 0 Å². The van der Waals surface area contributed by atoms with Gasteiger partial charge in [0.2, 0.25) is 0 Å². The minimum Gasteiger partial charge on any atom is -0.350 e. The van der Waals surface area contributed by atoms with Crippen molar-refractivity contribution in [2.75, 3.05) is 13.6 Å². The van der Waals surface area contributed by atoms with Gasteiger partial charge in [-0.2, -0.15) is 0 Å². The number of likely N-dealkylation sites (N-methyl/N-ethyl adjacent to an activating group) is 1. The van der Waals surface area contributed by atoms with Crippen LogP contribution in [0.2, 0.25) is 5.02 Å². The molecule has 0 heterocycles. The second kappa shape index (κ2) is 6.42. The number of carbonyl (C=O) groups is 1. The Balaban J connectivity index is 2.66. The number of carbonyl (C=O) groups excluding carboxylic acids is 1. The highest BCUT2D eigenvalue weighted by Gasteiger charge is 2.10. The summed E-state index contributed by atoms with van der Waals surface area (Å²) >= 11 is 8.15. The van der Waals surface area contributed by atoms with Crippen molar-refractivity contribution in [3.63, 3.8) is 0 Å². The van der Waals surface area contributed by atoms with Gasteiger partial charge in [0.1, 0.15) is 0 Å². The molecule has 0 saturated heterocycles. The molecule has 2 N–H and O–H groups in total. The molecule has 0 aliphatic carbocycles. The monoisotopic (exact) mass is 352 g/mol. The van der Waals surface area contributed by atoms with E-state index in [0.29, 0.717) is 17.1 Å². The first-order valence-corrected chi connectivity index (χ1v) is 6.40. The van der Waals surface area contributed by atoms with E-state index in [9.17, 15) is 4.79 Å². The Kier molecular flexibility index (Phi) is 5.51. The van der Waals surface area contributed by atoms with Crippen LogP contribution in [0.15, 0.2) is 18.2 Å². The Hall–Kier alpha value is -0.330. The lowest BCUT2D eigenvalue weighted by Gasteiger charge is -2.12. The van der Waals surface area contributed by atoms with Crippen molar-refractivity contribution in [2.24, 2.45) is 0 Å². The van der Waals surface area contributed by atoms with Gasteiger partial charge >= 0.3 is 0 Å². The number of halogens is 2. The zero-order chi connectivity index (χ0) is 12.1. The molecular weight excluding hydrogens is 338 g/mol. The van der Waals surface area contributed by atoms with Crippen molar-refractivity contribution in [2.45, 2.75) is 13.0 Å². The molecule has 0 radical (unpaired) electrons. The predicted octanol–water partition coefficient (Wildman–Crippen LogP) is 2.28. The Morgan fingerprint density at radius 1 is 1.56 bits per heavy atom. The quantitative estimate of drug-likeness (QED) is 0.816. The largest absolute Gasteiger partial charge is 0.350 e. The van der Waals surface area contributed by atoms with Gasteiger partial charge in [-0.25, -0.2) is 0 Å². The molecular formula is C11H14ClIN2O. The molecule has 16 heavy (non-hydrogen) atoms. The second-order valence-electron chi connectivity index (χ2n) is 3.52. The zero-order valence-corrected chi connectivity index (χ0v) is 12.1. The fraction of sp³-hybridized carbons (Fsp3) is 0.364. The minimum absolute atomic E-state index is 0.136. The van der Waals surface area contributed by atoms with Crippen LogP contribution >= 0.6 is 34.2 Å². The van der Waals surface area contributed by atoms with E-state index < -0.39 is 0 Å². The Morgan fingerprint density at radius 3 is 2.81 bits per heavy atom. The third-order valence-corrected chi connectivity index (χ3v) is 3.22. The maximum absolute atomic E-state index is 11.8. The van der Waals surface area contributed by atoms with Crippen LogP contribution in [-0.4, -0.2) is 25.5 Å². The normalized spacial score (nSPS) is 12.2. The summed E-state index contributed by atoms with van der Waals surface area (Å²) in [5, 5.41) is 6.36. The smallest absolute Gasteiger partial charge is 0.252 e. The molecule has 3 nitrogen and oxygen atoms in total. The number of rotatable bonds is 4. The molecule has 0 bridgehead atoms. The van der Waals surface area contributed by atoms with Crippen LogP contribution in [0, 0.1) is 3.57 Å². The molecule has 0 spiro atoms. The maximum atomic E-state index is 11.8. The fourth-order valence-electron chi connectivity index (χ4n) is 1.12. The first-order valence-electron chi connectivity index (χ1n) is 4.95. The van der Waals surface area contributed by atoms with Crippen molar-refractivity contribution in [3.8, 4) is 0 Å². The van der Waals surface area contributed by atoms with Gasteiger partial charge in [-0.05, 0) is 54.8 Å². The Bertz CT molecular complexity index is 384. The van der Waals surface area contributed by atoms with Crippen molar-refractivity contribution in [1.29, 1.82) is 0 Å². The average molecular weight is 353 g/mol. The molecule has 1 aromatic rings. The number of hydrogen-bond donors (Lipinski definition) is 2. The van der Waals surface area contributed by atoms with Crippen molar-refractivity contribution in [3.05, 3.63) is 32.4 Å². The third-order valence-electron chi connectivity index (χ3n) is 2.24. The second-order valence-corrected chi connectivity index (χ2v) is 5.18. The Labute approximate surface area is 114 Å². The summed E-state index contributed by atoms with van der Waals surface area (Å²) in [6, 6.07) is 5.62. The van der Waals surface area contributed by atoms with E-state index in [0.717, 1.165) is 3.57 Å². The first-order chi connectivity index (χ1) is 7.54. The summed E-state index contributed by atoms with van der Waals surface area (Å²) < 4.78 is 1.02. The van der Waals surface area contributed by atoms with Crippen LogP contribution in [0.1, 0.15) is 17.3 Å². The highest BCUT2D eigenvalue weighted by molar-refractivity contribution is 14.1. The molecule has 5 heteroatoms. The molecule has 1 aromatic carbocycles. The maximum Gasteiger partial charge on any atom is 0.252 e. The van der Waals surface area contributed by atoms with Crippen molar-refractivity contribution in [1.82, 2.24) is 10.6 Å². The highest BCUT2D eigenvalue weighted by atomic mass is 127. The summed E-state index contributed by atoms with van der Waals surface area (Å²) in [5.41, 5.74) is 0.519. The SMILES string of the molecule is CNC(C)CNC(=O)c1ccc(I)cc1Cl. The standard InChI is InChI=1S/C11H14ClIN2O/c1-7(14-2)6-15-11(16)9-4-3-8(13)5-10(9)12/h3-5,7,14H,6H2,1-2H3,(H,15,16). The van der Waals surface area contributed by atoms with Crippen LogP contribution in [0.25, 0.3) is 0 Å². The van der Waals surface area contributed by atoms with Gasteiger partial charge in [0.15, 0.2) is 0 Å².